The molecule has 1 aliphatic rings. The molecule has 0 saturated carbocycles. The molecule has 1 aliphatic heterocycles. The van der Waals surface area contributed by atoms with Crippen molar-refractivity contribution in [2.24, 2.45) is 13.0 Å². The number of hydrogen-bond acceptors (Lipinski definition) is 6. The average Bonchev–Trinajstić information content (AvgIpc) is 3.18. The summed E-state index contributed by atoms with van der Waals surface area (Å²) in [5, 5.41) is 19.2. The van der Waals surface area contributed by atoms with E-state index < -0.39 is 11.0 Å². The molecule has 10 heteroatoms. The van der Waals surface area contributed by atoms with Gasteiger partial charge in [-0.2, -0.15) is 0 Å². The monoisotopic (exact) mass is 530 g/mol. The summed E-state index contributed by atoms with van der Waals surface area (Å²) in [5.74, 6) is 1.39. The molecular formula is C27H38N4O5S. The number of nitrogens with zero attached hydrogens (tertiary/aromatic N) is 3. The molecule has 3 heterocycles. The Morgan fingerprint density at radius 2 is 1.95 bits per heavy atom. The lowest BCUT2D eigenvalue weighted by molar-refractivity contribution is 0.211. The second-order valence-corrected chi connectivity index (χ2v) is 11.1. The topological polar surface area (TPSA) is 121 Å². The number of fused-ring (bicyclic) bond motifs is 1. The Balaban J connectivity index is 1.77. The van der Waals surface area contributed by atoms with Crippen molar-refractivity contribution >= 4 is 22.0 Å². The third kappa shape index (κ3) is 5.67. The average molecular weight is 531 g/mol. The van der Waals surface area contributed by atoms with Crippen LogP contribution < -0.4 is 10.3 Å². The number of aromatic nitrogens is 3. The van der Waals surface area contributed by atoms with Gasteiger partial charge in [0.05, 0.1) is 29.2 Å². The van der Waals surface area contributed by atoms with E-state index in [2.05, 4.69) is 11.9 Å². The fourth-order valence-corrected chi connectivity index (χ4v) is 6.38. The number of aromatic amines is 1. The van der Waals surface area contributed by atoms with Gasteiger partial charge in [-0.25, -0.2) is 13.5 Å². The Morgan fingerprint density at radius 1 is 1.19 bits per heavy atom. The van der Waals surface area contributed by atoms with Gasteiger partial charge in [-0.15, -0.1) is 0 Å². The van der Waals surface area contributed by atoms with Crippen LogP contribution >= 0.6 is 0 Å². The zero-order valence-corrected chi connectivity index (χ0v) is 22.8. The third-order valence-electron chi connectivity index (χ3n) is 7.13. The summed E-state index contributed by atoms with van der Waals surface area (Å²) in [5.41, 5.74) is 2.86. The van der Waals surface area contributed by atoms with Crippen molar-refractivity contribution in [1.29, 1.82) is 0 Å². The molecule has 1 saturated heterocycles. The minimum atomic E-state index is -1.37. The molecule has 3 N–H and O–H groups in total. The first-order valence-electron chi connectivity index (χ1n) is 13.2. The lowest BCUT2D eigenvalue weighted by atomic mass is 9.95. The van der Waals surface area contributed by atoms with Gasteiger partial charge in [0.25, 0.3) is 5.56 Å². The van der Waals surface area contributed by atoms with Gasteiger partial charge < -0.3 is 24.5 Å². The second-order valence-electron chi connectivity index (χ2n) is 9.64. The largest absolute Gasteiger partial charge is 0.493 e. The predicted octanol–water partition coefficient (Wildman–Crippen LogP) is 3.28. The number of piperidine rings is 1. The highest BCUT2D eigenvalue weighted by atomic mass is 32.2. The first kappa shape index (κ1) is 27.5. The first-order chi connectivity index (χ1) is 17.9. The van der Waals surface area contributed by atoms with Gasteiger partial charge in [-0.1, -0.05) is 20.3 Å². The Morgan fingerprint density at radius 3 is 2.59 bits per heavy atom. The summed E-state index contributed by atoms with van der Waals surface area (Å²) in [4.78, 5) is 21.6. The maximum absolute atomic E-state index is 13.5. The zero-order chi connectivity index (χ0) is 26.5. The fraction of sp³-hybridized carbons (Fsp3) is 0.556. The van der Waals surface area contributed by atoms with E-state index in [-0.39, 0.29) is 18.8 Å². The van der Waals surface area contributed by atoms with Crippen molar-refractivity contribution in [3.8, 4) is 17.1 Å². The van der Waals surface area contributed by atoms with E-state index in [9.17, 15) is 19.2 Å². The van der Waals surface area contributed by atoms with E-state index in [0.717, 1.165) is 37.7 Å². The molecule has 1 aromatic carbocycles. The molecule has 1 atom stereocenters. The molecule has 2 aromatic heterocycles. The molecule has 0 spiro atoms. The summed E-state index contributed by atoms with van der Waals surface area (Å²) in [7, 11) is 0.401. The maximum atomic E-state index is 13.5. The number of hydrogen-bond donors (Lipinski definition) is 3. The number of benzene rings is 1. The molecule has 37 heavy (non-hydrogen) atoms. The molecular weight excluding hydrogens is 492 g/mol. The van der Waals surface area contributed by atoms with Crippen molar-refractivity contribution < 1.29 is 19.2 Å². The van der Waals surface area contributed by atoms with Gasteiger partial charge in [0.15, 0.2) is 0 Å². The minimum Gasteiger partial charge on any atom is -0.493 e. The SMILES string of the molecule is CCCOc1ccc(S(=O)N2CCC(CCO)CC2)cc1-c1nc2c(CCC)c(CO)n(C)c2c(=O)[nH]1. The van der Waals surface area contributed by atoms with Gasteiger partial charge in [0.2, 0.25) is 0 Å². The third-order valence-corrected chi connectivity index (χ3v) is 8.63. The minimum absolute atomic E-state index is 0.175. The second kappa shape index (κ2) is 12.3. The van der Waals surface area contributed by atoms with Crippen molar-refractivity contribution in [3.05, 3.63) is 39.8 Å². The summed E-state index contributed by atoms with van der Waals surface area (Å²) in [6.45, 7) is 6.00. The number of ether oxygens (including phenoxy) is 1. The highest BCUT2D eigenvalue weighted by Gasteiger charge is 2.25. The molecule has 0 amide bonds. The van der Waals surface area contributed by atoms with E-state index in [1.165, 1.54) is 0 Å². The van der Waals surface area contributed by atoms with Gasteiger partial charge in [-0.3, -0.25) is 4.79 Å². The van der Waals surface area contributed by atoms with E-state index in [1.807, 2.05) is 17.3 Å². The number of aliphatic hydroxyl groups excluding tert-OH is 2. The zero-order valence-electron chi connectivity index (χ0n) is 22.0. The van der Waals surface area contributed by atoms with Gasteiger partial charge in [-0.05, 0) is 56.2 Å². The molecule has 1 fully saturated rings. The van der Waals surface area contributed by atoms with Gasteiger partial charge in [0.1, 0.15) is 28.1 Å². The van der Waals surface area contributed by atoms with Crippen LogP contribution in [-0.4, -0.2) is 59.6 Å². The molecule has 202 valence electrons. The quantitative estimate of drug-likeness (QED) is 0.350. The maximum Gasteiger partial charge on any atom is 0.275 e. The summed E-state index contributed by atoms with van der Waals surface area (Å²) in [6.07, 6.45) is 4.96. The summed E-state index contributed by atoms with van der Waals surface area (Å²) < 4.78 is 23.2. The van der Waals surface area contributed by atoms with Crippen molar-refractivity contribution in [2.75, 3.05) is 26.3 Å². The van der Waals surface area contributed by atoms with E-state index in [0.29, 0.717) is 70.8 Å². The Bertz CT molecular complexity index is 1310. The van der Waals surface area contributed by atoms with Crippen LogP contribution in [0.1, 0.15) is 57.2 Å². The molecule has 0 radical (unpaired) electrons. The number of aliphatic hydroxyl groups is 2. The van der Waals surface area contributed by atoms with Crippen LogP contribution in [0.2, 0.25) is 0 Å². The van der Waals surface area contributed by atoms with Gasteiger partial charge in [0, 0.05) is 38.0 Å². The molecule has 9 nitrogen and oxygen atoms in total. The normalized spacial score (nSPS) is 15.9. The Hall–Kier alpha value is -2.53. The summed E-state index contributed by atoms with van der Waals surface area (Å²) >= 11 is 0. The van der Waals surface area contributed by atoms with Gasteiger partial charge >= 0.3 is 0 Å². The van der Waals surface area contributed by atoms with Crippen LogP contribution in [0.4, 0.5) is 0 Å². The van der Waals surface area contributed by atoms with Crippen LogP contribution in [0.15, 0.2) is 27.9 Å². The number of rotatable bonds is 11. The lowest BCUT2D eigenvalue weighted by Crippen LogP contribution is -2.35. The predicted molar refractivity (Wildman–Crippen MR) is 145 cm³/mol. The molecule has 3 aromatic rings. The molecule has 1 unspecified atom stereocenters. The molecule has 4 rings (SSSR count). The Kier molecular flexibility index (Phi) is 9.17. The van der Waals surface area contributed by atoms with Crippen LogP contribution in [0.25, 0.3) is 22.4 Å². The highest BCUT2D eigenvalue weighted by molar-refractivity contribution is 7.82. The lowest BCUT2D eigenvalue weighted by Gasteiger charge is -2.30. The number of aryl methyl sites for hydroxylation is 2. The molecule has 0 aliphatic carbocycles. The van der Waals surface area contributed by atoms with Crippen LogP contribution in [0.3, 0.4) is 0 Å². The highest BCUT2D eigenvalue weighted by Crippen LogP contribution is 2.33. The van der Waals surface area contributed by atoms with Crippen LogP contribution in [-0.2, 0) is 31.1 Å². The van der Waals surface area contributed by atoms with E-state index in [4.69, 9.17) is 9.72 Å². The van der Waals surface area contributed by atoms with Crippen molar-refractivity contribution in [2.45, 2.75) is 63.9 Å². The summed E-state index contributed by atoms with van der Waals surface area (Å²) in [6, 6.07) is 5.42. The number of H-pyrrole nitrogens is 1. The molecule has 0 bridgehead atoms. The smallest absolute Gasteiger partial charge is 0.275 e. The standard InChI is InChI=1S/C27H38N4O5S/c1-4-6-20-22(17-33)30(3)25-24(20)28-26(29-27(25)34)21-16-19(7-8-23(21)36-15-5-2)37(35)31-12-9-18(10-13-31)11-14-32/h7-8,16,18,32-33H,4-6,9-15,17H2,1-3H3,(H,28,29,34). The van der Waals surface area contributed by atoms with E-state index >= 15 is 0 Å². The van der Waals surface area contributed by atoms with E-state index in [1.54, 1.807) is 23.7 Å². The van der Waals surface area contributed by atoms with Crippen LogP contribution in [0.5, 0.6) is 5.75 Å². The Labute approximate surface area is 220 Å². The van der Waals surface area contributed by atoms with Crippen molar-refractivity contribution in [3.63, 3.8) is 0 Å². The van der Waals surface area contributed by atoms with Crippen LogP contribution in [0, 0.1) is 5.92 Å². The first-order valence-corrected chi connectivity index (χ1v) is 14.3. The fourth-order valence-electron chi connectivity index (χ4n) is 5.14. The van der Waals surface area contributed by atoms with Crippen molar-refractivity contribution in [1.82, 2.24) is 18.8 Å². The number of nitrogens with one attached hydrogen (secondary N) is 1.